The molecule has 4 aromatic carbocycles. The number of unbranched alkanes of at least 4 members (excludes halogenated alkanes) is 1. The van der Waals surface area contributed by atoms with Gasteiger partial charge in [-0.2, -0.15) is 0 Å². The second-order valence-corrected chi connectivity index (χ2v) is 13.4. The molecule has 274 valence electrons. The number of hydrogen-bond acceptors (Lipinski definition) is 8. The largest absolute Gasteiger partial charge is 0.390 e. The molecule has 8 nitrogen and oxygen atoms in total. The van der Waals surface area contributed by atoms with Gasteiger partial charge in [0.1, 0.15) is 24.4 Å². The normalized spacial score (nSPS) is 22.3. The van der Waals surface area contributed by atoms with Crippen LogP contribution in [0.4, 0.5) is 0 Å². The first kappa shape index (κ1) is 38.8. The summed E-state index contributed by atoms with van der Waals surface area (Å²) in [7, 11) is 0. The maximum atomic E-state index is 10.9. The summed E-state index contributed by atoms with van der Waals surface area (Å²) in [6.45, 7) is 3.81. The quantitative estimate of drug-likeness (QED) is 0.0878. The van der Waals surface area contributed by atoms with Crippen LogP contribution in [0.25, 0.3) is 0 Å². The van der Waals surface area contributed by atoms with Crippen molar-refractivity contribution in [1.82, 2.24) is 0 Å². The summed E-state index contributed by atoms with van der Waals surface area (Å²) in [6, 6.07) is 39.6. The van der Waals surface area contributed by atoms with Crippen LogP contribution in [0, 0.1) is 0 Å². The highest BCUT2D eigenvalue weighted by Crippen LogP contribution is 2.33. The van der Waals surface area contributed by atoms with Crippen LogP contribution >= 0.6 is 0 Å². The first-order valence-electron chi connectivity index (χ1n) is 18.4. The Morgan fingerprint density at radius 2 is 1.02 bits per heavy atom. The second kappa shape index (κ2) is 21.2. The van der Waals surface area contributed by atoms with Gasteiger partial charge in [-0.1, -0.05) is 141 Å². The van der Waals surface area contributed by atoms with E-state index in [4.69, 9.17) is 29.4 Å². The molecule has 0 bridgehead atoms. The summed E-state index contributed by atoms with van der Waals surface area (Å²) < 4.78 is 33.5. The van der Waals surface area contributed by atoms with Crippen molar-refractivity contribution < 1.29 is 33.9 Å². The third-order valence-electron chi connectivity index (χ3n) is 9.45. The minimum atomic E-state index is -1.04. The fourth-order valence-electron chi connectivity index (χ4n) is 6.51. The highest BCUT2D eigenvalue weighted by atomic mass is 16.6. The van der Waals surface area contributed by atoms with E-state index >= 15 is 0 Å². The van der Waals surface area contributed by atoms with Crippen molar-refractivity contribution in [2.45, 2.75) is 114 Å². The van der Waals surface area contributed by atoms with E-state index in [1.807, 2.05) is 121 Å². The van der Waals surface area contributed by atoms with Crippen molar-refractivity contribution in [1.29, 1.82) is 0 Å². The average Bonchev–Trinajstić information content (AvgIpc) is 3.18. The maximum absolute atomic E-state index is 10.9. The van der Waals surface area contributed by atoms with Gasteiger partial charge < -0.3 is 39.6 Å². The maximum Gasteiger partial charge on any atom is 0.115 e. The van der Waals surface area contributed by atoms with E-state index in [0.29, 0.717) is 45.7 Å². The lowest BCUT2D eigenvalue weighted by molar-refractivity contribution is -0.274. The van der Waals surface area contributed by atoms with Gasteiger partial charge in [-0.25, -0.2) is 0 Å². The molecule has 51 heavy (non-hydrogen) atoms. The fourth-order valence-corrected chi connectivity index (χ4v) is 6.51. The number of nitrogens with two attached hydrogens (primary N) is 1. The molecule has 0 saturated carbocycles. The molecule has 1 aliphatic rings. The minimum absolute atomic E-state index is 0.270. The van der Waals surface area contributed by atoms with Gasteiger partial charge in [0.15, 0.2) is 0 Å². The Morgan fingerprint density at radius 3 is 1.49 bits per heavy atom. The number of ether oxygens (including phenoxy) is 5. The Labute approximate surface area is 303 Å². The van der Waals surface area contributed by atoms with Gasteiger partial charge in [0.05, 0.1) is 51.3 Å². The van der Waals surface area contributed by atoms with Crippen LogP contribution in [0.15, 0.2) is 121 Å². The van der Waals surface area contributed by atoms with E-state index in [9.17, 15) is 10.2 Å². The Balaban J connectivity index is 1.42. The van der Waals surface area contributed by atoms with Gasteiger partial charge >= 0.3 is 0 Å². The van der Waals surface area contributed by atoms with Crippen molar-refractivity contribution in [3.05, 3.63) is 144 Å². The molecule has 1 heterocycles. The van der Waals surface area contributed by atoms with Crippen molar-refractivity contribution in [3.63, 3.8) is 0 Å². The van der Waals surface area contributed by atoms with Gasteiger partial charge in [-0.05, 0) is 41.5 Å². The highest BCUT2D eigenvalue weighted by molar-refractivity contribution is 5.16. The van der Waals surface area contributed by atoms with Crippen LogP contribution in [0.2, 0.25) is 0 Å². The summed E-state index contributed by atoms with van der Waals surface area (Å²) >= 11 is 0. The highest BCUT2D eigenvalue weighted by Gasteiger charge is 2.48. The molecule has 3 unspecified atom stereocenters. The molecular weight excluding hydrogens is 642 g/mol. The molecule has 4 aromatic rings. The van der Waals surface area contributed by atoms with Gasteiger partial charge in [-0.15, -0.1) is 0 Å². The van der Waals surface area contributed by atoms with Crippen LogP contribution in [-0.2, 0) is 50.1 Å². The molecule has 0 amide bonds. The number of benzene rings is 4. The van der Waals surface area contributed by atoms with Gasteiger partial charge in [0.25, 0.3) is 0 Å². The van der Waals surface area contributed by atoms with Crippen LogP contribution < -0.4 is 5.73 Å². The minimum Gasteiger partial charge on any atom is -0.390 e. The third kappa shape index (κ3) is 12.3. The fraction of sp³-hybridized carbons (Fsp3) is 0.442. The van der Waals surface area contributed by atoms with Crippen LogP contribution in [0.3, 0.4) is 0 Å². The lowest BCUT2D eigenvalue weighted by Crippen LogP contribution is -2.61. The van der Waals surface area contributed by atoms with Crippen LogP contribution in [-0.4, -0.2) is 65.6 Å². The van der Waals surface area contributed by atoms with Crippen molar-refractivity contribution in [2.75, 3.05) is 6.61 Å². The standard InChI is InChI=1S/C43H55NO7/c1-2-3-24-37(45)40(46)36(44)25-26-38-41(48-28-33-18-10-5-11-19-33)43(50-30-35-22-14-7-15-23-35)42(49-29-34-20-12-6-13-21-34)39(51-38)31-47-27-32-16-8-4-9-17-32/h4-23,36-43,45-46H,2-3,24-31,44H2,1H3/t36-,37+,38-,39?,40-,41?,42-,43?/m0/s1. The molecule has 4 N–H and O–H groups in total. The predicted octanol–water partition coefficient (Wildman–Crippen LogP) is 6.75. The zero-order chi connectivity index (χ0) is 35.7. The lowest BCUT2D eigenvalue weighted by Gasteiger charge is -2.46. The van der Waals surface area contributed by atoms with E-state index in [0.717, 1.165) is 35.1 Å². The van der Waals surface area contributed by atoms with E-state index in [-0.39, 0.29) is 6.61 Å². The summed E-state index contributed by atoms with van der Waals surface area (Å²) in [4.78, 5) is 0. The second-order valence-electron chi connectivity index (χ2n) is 13.4. The molecule has 1 aliphatic heterocycles. The molecule has 1 saturated heterocycles. The van der Waals surface area contributed by atoms with Gasteiger partial charge in [0.2, 0.25) is 0 Å². The number of aliphatic hydroxyl groups excluding tert-OH is 2. The summed E-state index contributed by atoms with van der Waals surface area (Å²) in [5.74, 6) is 0. The molecule has 0 aromatic heterocycles. The first-order chi connectivity index (χ1) is 25.0. The van der Waals surface area contributed by atoms with Crippen molar-refractivity contribution in [2.24, 2.45) is 5.73 Å². The third-order valence-corrected chi connectivity index (χ3v) is 9.45. The zero-order valence-electron chi connectivity index (χ0n) is 29.7. The monoisotopic (exact) mass is 697 g/mol. The Hall–Kier alpha value is -3.44. The summed E-state index contributed by atoms with van der Waals surface area (Å²) in [5.41, 5.74) is 10.7. The SMILES string of the molecule is CCCC[C@@H](O)[C@@H](O)[C@@H](N)CC[C@@H]1OC(COCc2ccccc2)[C@H](OCc2ccccc2)C(OCc2ccccc2)C1OCc1ccccc1. The van der Waals surface area contributed by atoms with Crippen molar-refractivity contribution >= 4 is 0 Å². The van der Waals surface area contributed by atoms with Crippen LogP contribution in [0.5, 0.6) is 0 Å². The average molecular weight is 698 g/mol. The number of aliphatic hydroxyl groups is 2. The van der Waals surface area contributed by atoms with E-state index in [1.54, 1.807) is 0 Å². The molecular formula is C43H55NO7. The number of hydrogen-bond donors (Lipinski definition) is 3. The number of rotatable bonds is 21. The van der Waals surface area contributed by atoms with Crippen molar-refractivity contribution in [3.8, 4) is 0 Å². The van der Waals surface area contributed by atoms with E-state index < -0.39 is 48.8 Å². The van der Waals surface area contributed by atoms with E-state index in [2.05, 4.69) is 6.92 Å². The first-order valence-corrected chi connectivity index (χ1v) is 18.4. The molecule has 8 heteroatoms. The molecule has 8 atom stereocenters. The van der Waals surface area contributed by atoms with Gasteiger partial charge in [0, 0.05) is 6.04 Å². The summed E-state index contributed by atoms with van der Waals surface area (Å²) in [6.07, 6.45) is -1.31. The molecule has 0 spiro atoms. The molecule has 5 rings (SSSR count). The lowest BCUT2D eigenvalue weighted by atomic mass is 9.89. The van der Waals surface area contributed by atoms with Gasteiger partial charge in [-0.3, -0.25) is 0 Å². The Kier molecular flexibility index (Phi) is 16.1. The van der Waals surface area contributed by atoms with E-state index in [1.165, 1.54) is 0 Å². The Morgan fingerprint density at radius 1 is 0.588 bits per heavy atom. The molecule has 0 radical (unpaired) electrons. The smallest absolute Gasteiger partial charge is 0.115 e. The predicted molar refractivity (Wildman–Crippen MR) is 199 cm³/mol. The van der Waals surface area contributed by atoms with Crippen LogP contribution in [0.1, 0.15) is 61.3 Å². The molecule has 1 fully saturated rings. The molecule has 0 aliphatic carbocycles. The zero-order valence-corrected chi connectivity index (χ0v) is 29.7. The Bertz CT molecular complexity index is 1480. The summed E-state index contributed by atoms with van der Waals surface area (Å²) in [5, 5.41) is 21.5. The topological polar surface area (TPSA) is 113 Å².